The van der Waals surface area contributed by atoms with E-state index in [4.69, 9.17) is 9.47 Å². The molecule has 0 heterocycles. The van der Waals surface area contributed by atoms with Crippen LogP contribution >= 0.6 is 0 Å². The van der Waals surface area contributed by atoms with E-state index < -0.39 is 22.6 Å². The molecule has 0 fully saturated rings. The van der Waals surface area contributed by atoms with E-state index in [0.717, 1.165) is 6.07 Å². The summed E-state index contributed by atoms with van der Waals surface area (Å²) in [5.74, 6) is -0.247. The molecule has 1 rings (SSSR count). The molecular weight excluding hydrogens is 268 g/mol. The highest BCUT2D eigenvalue weighted by atomic mass is 16.6. The van der Waals surface area contributed by atoms with Gasteiger partial charge in [0.05, 0.1) is 23.7 Å². The Balaban J connectivity index is 3.24. The molecule has 8 nitrogen and oxygen atoms in total. The molecule has 0 saturated heterocycles. The van der Waals surface area contributed by atoms with Gasteiger partial charge >= 0.3 is 0 Å². The highest BCUT2D eigenvalue weighted by Crippen LogP contribution is 2.34. The molecule has 0 aromatic heterocycles. The Morgan fingerprint density at radius 1 is 1.45 bits per heavy atom. The second-order valence-corrected chi connectivity index (χ2v) is 3.81. The van der Waals surface area contributed by atoms with Gasteiger partial charge in [0.2, 0.25) is 0 Å². The summed E-state index contributed by atoms with van der Waals surface area (Å²) < 4.78 is 10.3. The van der Waals surface area contributed by atoms with Crippen molar-refractivity contribution < 1.29 is 24.0 Å². The fraction of sp³-hybridized carbons (Fsp3) is 0.333. The van der Waals surface area contributed by atoms with Crippen LogP contribution in [0, 0.1) is 10.1 Å². The highest BCUT2D eigenvalue weighted by molar-refractivity contribution is 5.84. The number of carbonyl (C=O) groups excluding carboxylic acids is 2. The standard InChI is InChI=1S/C12H14N2O6/c1-7(12(16)13-2)20-11-5-9(14(17)18)8(6-15)4-10(11)19-3/h4-7H,1-3H3,(H,13,16). The summed E-state index contributed by atoms with van der Waals surface area (Å²) in [7, 11) is 2.77. The number of methoxy groups -OCH3 is 1. The van der Waals surface area contributed by atoms with Crippen LogP contribution in [0.4, 0.5) is 5.69 Å². The number of hydrogen-bond acceptors (Lipinski definition) is 6. The second-order valence-electron chi connectivity index (χ2n) is 3.81. The minimum atomic E-state index is -0.865. The third-order valence-corrected chi connectivity index (χ3v) is 2.56. The van der Waals surface area contributed by atoms with Crippen molar-refractivity contribution in [1.82, 2.24) is 5.32 Å². The lowest BCUT2D eigenvalue weighted by molar-refractivity contribution is -0.385. The minimum Gasteiger partial charge on any atom is -0.493 e. The van der Waals surface area contributed by atoms with Crippen molar-refractivity contribution in [3.63, 3.8) is 0 Å². The van der Waals surface area contributed by atoms with E-state index >= 15 is 0 Å². The lowest BCUT2D eigenvalue weighted by Crippen LogP contribution is -2.33. The van der Waals surface area contributed by atoms with Crippen LogP contribution in [0.5, 0.6) is 11.5 Å². The average Bonchev–Trinajstić information content (AvgIpc) is 2.45. The molecular formula is C12H14N2O6. The molecule has 8 heteroatoms. The van der Waals surface area contributed by atoms with Crippen molar-refractivity contribution in [2.75, 3.05) is 14.2 Å². The molecule has 0 aliphatic heterocycles. The van der Waals surface area contributed by atoms with Gasteiger partial charge < -0.3 is 14.8 Å². The number of nitrogens with zero attached hydrogens (tertiary/aromatic N) is 1. The van der Waals surface area contributed by atoms with Gasteiger partial charge in [-0.15, -0.1) is 0 Å². The predicted octanol–water partition coefficient (Wildman–Crippen LogP) is 0.929. The van der Waals surface area contributed by atoms with Gasteiger partial charge in [-0.3, -0.25) is 19.7 Å². The quantitative estimate of drug-likeness (QED) is 0.472. The maximum Gasteiger partial charge on any atom is 0.283 e. The number of benzene rings is 1. The maximum absolute atomic E-state index is 11.4. The van der Waals surface area contributed by atoms with Crippen molar-refractivity contribution in [3.05, 3.63) is 27.8 Å². The first-order chi connectivity index (χ1) is 9.44. The van der Waals surface area contributed by atoms with E-state index in [1.165, 1.54) is 27.1 Å². The Kier molecular flexibility index (Phi) is 5.01. The molecule has 0 bridgehead atoms. The Hall–Kier alpha value is -2.64. The SMILES string of the molecule is CNC(=O)C(C)Oc1cc([N+](=O)[O-])c(C=O)cc1OC. The van der Waals surface area contributed by atoms with Crippen LogP contribution in [0.2, 0.25) is 0 Å². The largest absolute Gasteiger partial charge is 0.493 e. The molecule has 20 heavy (non-hydrogen) atoms. The molecule has 1 atom stereocenters. The fourth-order valence-corrected chi connectivity index (χ4v) is 1.52. The zero-order valence-corrected chi connectivity index (χ0v) is 11.2. The molecule has 0 aliphatic rings. The molecule has 1 amide bonds. The van der Waals surface area contributed by atoms with E-state index in [0.29, 0.717) is 6.29 Å². The lowest BCUT2D eigenvalue weighted by atomic mass is 10.1. The summed E-state index contributed by atoms with van der Waals surface area (Å²) >= 11 is 0. The van der Waals surface area contributed by atoms with Gasteiger partial charge in [-0.25, -0.2) is 0 Å². The number of nitrogens with one attached hydrogen (secondary N) is 1. The topological polar surface area (TPSA) is 108 Å². The van der Waals surface area contributed by atoms with Crippen LogP contribution < -0.4 is 14.8 Å². The van der Waals surface area contributed by atoms with Crippen LogP contribution in [0.25, 0.3) is 0 Å². The summed E-state index contributed by atoms with van der Waals surface area (Å²) in [4.78, 5) is 32.4. The summed E-state index contributed by atoms with van der Waals surface area (Å²) in [5, 5.41) is 13.3. The van der Waals surface area contributed by atoms with Crippen LogP contribution in [-0.4, -0.2) is 37.4 Å². The summed E-state index contributed by atoms with van der Waals surface area (Å²) in [6.07, 6.45) is -0.511. The van der Waals surface area contributed by atoms with Gasteiger partial charge in [0.15, 0.2) is 23.9 Å². The van der Waals surface area contributed by atoms with Crippen LogP contribution in [0.15, 0.2) is 12.1 Å². The molecule has 108 valence electrons. The number of ether oxygens (including phenoxy) is 2. The van der Waals surface area contributed by atoms with Crippen LogP contribution in [0.1, 0.15) is 17.3 Å². The molecule has 0 saturated carbocycles. The van der Waals surface area contributed by atoms with Gasteiger partial charge in [-0.2, -0.15) is 0 Å². The molecule has 1 N–H and O–H groups in total. The van der Waals surface area contributed by atoms with Gasteiger partial charge in [0.1, 0.15) is 0 Å². The summed E-state index contributed by atoms with van der Waals surface area (Å²) in [6, 6.07) is 2.25. The van der Waals surface area contributed by atoms with Crippen molar-refractivity contribution in [2.24, 2.45) is 0 Å². The molecule has 0 aliphatic carbocycles. The van der Waals surface area contributed by atoms with E-state index in [1.54, 1.807) is 0 Å². The Bertz CT molecular complexity index is 543. The van der Waals surface area contributed by atoms with E-state index in [1.807, 2.05) is 0 Å². The van der Waals surface area contributed by atoms with Crippen molar-refractivity contribution in [1.29, 1.82) is 0 Å². The zero-order valence-electron chi connectivity index (χ0n) is 11.2. The van der Waals surface area contributed by atoms with Gasteiger partial charge in [-0.1, -0.05) is 0 Å². The van der Waals surface area contributed by atoms with Crippen LogP contribution in [0.3, 0.4) is 0 Å². The number of carbonyl (C=O) groups is 2. The smallest absolute Gasteiger partial charge is 0.283 e. The number of amides is 1. The van der Waals surface area contributed by atoms with Crippen molar-refractivity contribution >= 4 is 17.9 Å². The number of aldehydes is 1. The predicted molar refractivity (Wildman–Crippen MR) is 69.2 cm³/mol. The lowest BCUT2D eigenvalue weighted by Gasteiger charge is -2.15. The Morgan fingerprint density at radius 2 is 2.10 bits per heavy atom. The molecule has 0 radical (unpaired) electrons. The summed E-state index contributed by atoms with van der Waals surface area (Å²) in [6.45, 7) is 1.48. The zero-order chi connectivity index (χ0) is 15.3. The molecule has 1 aromatic carbocycles. The minimum absolute atomic E-state index is 0.0147. The normalized spacial score (nSPS) is 11.3. The van der Waals surface area contributed by atoms with E-state index in [2.05, 4.69) is 5.32 Å². The molecule has 0 spiro atoms. The van der Waals surface area contributed by atoms with Crippen molar-refractivity contribution in [3.8, 4) is 11.5 Å². The number of nitro benzene ring substituents is 1. The first-order valence-corrected chi connectivity index (χ1v) is 5.64. The third kappa shape index (κ3) is 3.22. The third-order valence-electron chi connectivity index (χ3n) is 2.56. The Morgan fingerprint density at radius 3 is 2.55 bits per heavy atom. The average molecular weight is 282 g/mol. The monoisotopic (exact) mass is 282 g/mol. The Labute approximate surface area is 114 Å². The van der Waals surface area contributed by atoms with Crippen LogP contribution in [-0.2, 0) is 4.79 Å². The van der Waals surface area contributed by atoms with E-state index in [9.17, 15) is 19.7 Å². The number of nitro groups is 1. The number of rotatable bonds is 6. The first kappa shape index (κ1) is 15.4. The maximum atomic E-state index is 11.4. The van der Waals surface area contributed by atoms with Gasteiger partial charge in [0, 0.05) is 13.1 Å². The van der Waals surface area contributed by atoms with Crippen molar-refractivity contribution in [2.45, 2.75) is 13.0 Å². The highest BCUT2D eigenvalue weighted by Gasteiger charge is 2.22. The number of hydrogen-bond donors (Lipinski definition) is 1. The number of likely N-dealkylation sites (N-methyl/N-ethyl adjacent to an activating group) is 1. The molecule has 1 aromatic rings. The van der Waals surface area contributed by atoms with Gasteiger partial charge in [-0.05, 0) is 6.92 Å². The fourth-order valence-electron chi connectivity index (χ4n) is 1.52. The first-order valence-electron chi connectivity index (χ1n) is 5.64. The molecule has 1 unspecified atom stereocenters. The van der Waals surface area contributed by atoms with Gasteiger partial charge in [0.25, 0.3) is 11.6 Å². The summed E-state index contributed by atoms with van der Waals surface area (Å²) in [5.41, 5.74) is -0.549. The second kappa shape index (κ2) is 6.50. The van der Waals surface area contributed by atoms with E-state index in [-0.39, 0.29) is 17.1 Å².